The monoisotopic (exact) mass is 278 g/mol. The average Bonchev–Trinajstić information content (AvgIpc) is 2.63. The fourth-order valence-electron chi connectivity index (χ4n) is 2.92. The van der Waals surface area contributed by atoms with Crippen molar-refractivity contribution in [3.05, 3.63) is 34.4 Å². The maximum atomic E-state index is 11.6. The van der Waals surface area contributed by atoms with Gasteiger partial charge in [0, 0.05) is 12.5 Å². The molecule has 4 heteroatoms. The van der Waals surface area contributed by atoms with E-state index < -0.39 is 13.7 Å². The fraction of sp³-hybridized carbons (Fsp3) is 0.533. The van der Waals surface area contributed by atoms with Crippen molar-refractivity contribution in [3.63, 3.8) is 0 Å². The molecule has 0 amide bonds. The summed E-state index contributed by atoms with van der Waals surface area (Å²) < 4.78 is 11.6. The highest BCUT2D eigenvalue weighted by molar-refractivity contribution is 6.83. The Hall–Kier alpha value is -1.29. The fourth-order valence-corrected chi connectivity index (χ4v) is 4.81. The first-order chi connectivity index (χ1) is 8.70. The van der Waals surface area contributed by atoms with Crippen molar-refractivity contribution in [2.24, 2.45) is 0 Å². The van der Waals surface area contributed by atoms with Gasteiger partial charge in [-0.3, -0.25) is 4.79 Å². The van der Waals surface area contributed by atoms with Crippen LogP contribution < -0.4 is 0 Å². The van der Waals surface area contributed by atoms with E-state index in [1.807, 2.05) is 13.8 Å². The van der Waals surface area contributed by atoms with E-state index in [-0.39, 0.29) is 5.78 Å². The molecular formula is C15H22O3Si. The van der Waals surface area contributed by atoms with Crippen LogP contribution in [-0.4, -0.2) is 26.6 Å². The van der Waals surface area contributed by atoms with E-state index in [0.717, 1.165) is 17.8 Å². The van der Waals surface area contributed by atoms with Crippen LogP contribution in [0.15, 0.2) is 34.4 Å². The number of ketones is 1. The van der Waals surface area contributed by atoms with Gasteiger partial charge in [0.2, 0.25) is 0 Å². The van der Waals surface area contributed by atoms with Crippen molar-refractivity contribution in [1.29, 1.82) is 0 Å². The predicted molar refractivity (Wildman–Crippen MR) is 78.3 cm³/mol. The minimum absolute atomic E-state index is 0.0253. The molecule has 0 aromatic heterocycles. The van der Waals surface area contributed by atoms with Gasteiger partial charge in [-0.2, -0.15) is 0 Å². The second kappa shape index (κ2) is 4.37. The number of methoxy groups -OCH3 is 1. The largest absolute Gasteiger partial charge is 0.496 e. The van der Waals surface area contributed by atoms with Crippen LogP contribution in [0.3, 0.4) is 0 Å². The van der Waals surface area contributed by atoms with E-state index in [4.69, 9.17) is 9.47 Å². The number of allylic oxidation sites excluding steroid dienone is 3. The third-order valence-electron chi connectivity index (χ3n) is 3.97. The number of hydrogen-bond acceptors (Lipinski definition) is 3. The first-order valence-electron chi connectivity index (χ1n) is 6.59. The van der Waals surface area contributed by atoms with E-state index in [1.165, 1.54) is 5.20 Å². The van der Waals surface area contributed by atoms with Gasteiger partial charge in [-0.25, -0.2) is 0 Å². The zero-order chi connectivity index (χ0) is 14.4. The van der Waals surface area contributed by atoms with Gasteiger partial charge in [-0.05, 0) is 30.7 Å². The van der Waals surface area contributed by atoms with Gasteiger partial charge in [0.05, 0.1) is 20.9 Å². The van der Waals surface area contributed by atoms with Gasteiger partial charge < -0.3 is 9.47 Å². The Bertz CT molecular complexity index is 520. The van der Waals surface area contributed by atoms with E-state index in [2.05, 4.69) is 19.6 Å². The summed E-state index contributed by atoms with van der Waals surface area (Å²) in [6.45, 7) is 10.9. The Morgan fingerprint density at radius 3 is 2.37 bits per heavy atom. The first kappa shape index (κ1) is 14.1. The van der Waals surface area contributed by atoms with Crippen molar-refractivity contribution in [2.45, 2.75) is 45.5 Å². The number of hydrogen-bond donors (Lipinski definition) is 0. The molecule has 2 aliphatic rings. The third kappa shape index (κ3) is 2.18. The summed E-state index contributed by atoms with van der Waals surface area (Å²) in [5, 5.41) is 1.41. The molecule has 1 spiro atoms. The number of carbonyl (C=O) groups is 1. The minimum atomic E-state index is -1.43. The number of ether oxygens (including phenoxy) is 2. The third-order valence-corrected chi connectivity index (χ3v) is 6.31. The first-order valence-corrected chi connectivity index (χ1v) is 10.1. The van der Waals surface area contributed by atoms with Crippen LogP contribution in [0.1, 0.15) is 20.3 Å². The molecule has 1 atom stereocenters. The zero-order valence-corrected chi connectivity index (χ0v) is 13.6. The van der Waals surface area contributed by atoms with Crippen LogP contribution in [0.2, 0.25) is 19.6 Å². The highest BCUT2D eigenvalue weighted by Crippen LogP contribution is 2.48. The lowest BCUT2D eigenvalue weighted by molar-refractivity contribution is -0.111. The Morgan fingerprint density at radius 1 is 1.26 bits per heavy atom. The quantitative estimate of drug-likeness (QED) is 0.727. The van der Waals surface area contributed by atoms with Crippen molar-refractivity contribution in [3.8, 4) is 0 Å². The summed E-state index contributed by atoms with van der Waals surface area (Å²) in [6, 6.07) is 0. The molecular weight excluding hydrogens is 256 g/mol. The topological polar surface area (TPSA) is 35.5 Å². The molecule has 1 aliphatic heterocycles. The van der Waals surface area contributed by atoms with E-state index in [1.54, 1.807) is 19.3 Å². The summed E-state index contributed by atoms with van der Waals surface area (Å²) in [5.74, 6) is 1.61. The normalized spacial score (nSPS) is 27.4. The van der Waals surface area contributed by atoms with E-state index in [0.29, 0.717) is 5.76 Å². The second-order valence-corrected chi connectivity index (χ2v) is 11.4. The smallest absolute Gasteiger partial charge is 0.190 e. The van der Waals surface area contributed by atoms with Crippen LogP contribution in [-0.2, 0) is 14.3 Å². The van der Waals surface area contributed by atoms with Crippen LogP contribution in [0.4, 0.5) is 0 Å². The summed E-state index contributed by atoms with van der Waals surface area (Å²) in [6.07, 6.45) is 4.01. The maximum Gasteiger partial charge on any atom is 0.190 e. The van der Waals surface area contributed by atoms with Gasteiger partial charge >= 0.3 is 0 Å². The van der Waals surface area contributed by atoms with E-state index >= 15 is 0 Å². The second-order valence-electron chi connectivity index (χ2n) is 6.33. The Labute approximate surface area is 116 Å². The van der Waals surface area contributed by atoms with Crippen LogP contribution in [0.25, 0.3) is 0 Å². The summed E-state index contributed by atoms with van der Waals surface area (Å²) >= 11 is 0. The Kier molecular flexibility index (Phi) is 3.25. The lowest BCUT2D eigenvalue weighted by Gasteiger charge is -2.34. The molecule has 1 unspecified atom stereocenters. The molecule has 0 saturated heterocycles. The molecule has 0 aromatic rings. The summed E-state index contributed by atoms with van der Waals surface area (Å²) in [7, 11) is 0.175. The van der Waals surface area contributed by atoms with Crippen LogP contribution in [0, 0.1) is 0 Å². The maximum absolute atomic E-state index is 11.6. The SMILES string of the molecule is COC1=CC(=O)C=C(C)C12CC([Si](C)(C)C)=C(C)O2. The highest BCUT2D eigenvalue weighted by atomic mass is 28.3. The van der Waals surface area contributed by atoms with Crippen LogP contribution in [0.5, 0.6) is 0 Å². The van der Waals surface area contributed by atoms with Gasteiger partial charge in [0.1, 0.15) is 5.76 Å². The molecule has 0 radical (unpaired) electrons. The lowest BCUT2D eigenvalue weighted by atomic mass is 9.85. The average molecular weight is 278 g/mol. The molecule has 0 saturated carbocycles. The molecule has 1 heterocycles. The molecule has 2 rings (SSSR count). The summed E-state index contributed by atoms with van der Waals surface area (Å²) in [5.41, 5.74) is 0.354. The van der Waals surface area contributed by atoms with Crippen LogP contribution >= 0.6 is 0 Å². The molecule has 19 heavy (non-hydrogen) atoms. The van der Waals surface area contributed by atoms with Gasteiger partial charge in [-0.15, -0.1) is 0 Å². The molecule has 0 aromatic carbocycles. The summed E-state index contributed by atoms with van der Waals surface area (Å²) in [4.78, 5) is 11.6. The number of rotatable bonds is 2. The number of carbonyl (C=O) groups excluding carboxylic acids is 1. The highest BCUT2D eigenvalue weighted by Gasteiger charge is 2.49. The molecule has 0 fully saturated rings. The molecule has 104 valence electrons. The van der Waals surface area contributed by atoms with E-state index in [9.17, 15) is 4.79 Å². The van der Waals surface area contributed by atoms with Gasteiger partial charge in [-0.1, -0.05) is 19.6 Å². The Balaban J connectivity index is 2.45. The van der Waals surface area contributed by atoms with Crippen molar-refractivity contribution in [2.75, 3.05) is 7.11 Å². The molecule has 1 aliphatic carbocycles. The molecule has 0 bridgehead atoms. The zero-order valence-electron chi connectivity index (χ0n) is 12.6. The molecule has 3 nitrogen and oxygen atoms in total. The van der Waals surface area contributed by atoms with Crippen molar-refractivity contribution >= 4 is 13.9 Å². The van der Waals surface area contributed by atoms with Gasteiger partial charge in [0.15, 0.2) is 11.4 Å². The predicted octanol–water partition coefficient (Wildman–Crippen LogP) is 3.36. The van der Waals surface area contributed by atoms with Crippen molar-refractivity contribution < 1.29 is 14.3 Å². The standard InChI is InChI=1S/C15H22O3Si/c1-10-7-12(16)8-14(17-3)15(10)9-13(11(2)18-15)19(4,5)6/h7-8H,9H2,1-6H3. The molecule has 0 N–H and O–H groups in total. The van der Waals surface area contributed by atoms with Gasteiger partial charge in [0.25, 0.3) is 0 Å². The minimum Gasteiger partial charge on any atom is -0.496 e. The lowest BCUT2D eigenvalue weighted by Crippen LogP contribution is -2.38. The Morgan fingerprint density at radius 2 is 1.89 bits per heavy atom. The van der Waals surface area contributed by atoms with Crippen molar-refractivity contribution in [1.82, 2.24) is 0 Å².